The molecule has 0 saturated carbocycles. The van der Waals surface area contributed by atoms with Crippen molar-refractivity contribution in [2.24, 2.45) is 5.92 Å². The van der Waals surface area contributed by atoms with Crippen LogP contribution in [-0.4, -0.2) is 59.6 Å². The molecule has 2 amide bonds. The van der Waals surface area contributed by atoms with Crippen molar-refractivity contribution in [1.82, 2.24) is 20.4 Å². The molecular weight excluding hydrogens is 306 g/mol. The van der Waals surface area contributed by atoms with Gasteiger partial charge in [-0.1, -0.05) is 0 Å². The SMILES string of the molecule is CN(C(=O)C1CCNC(=O)C1)C1CN(c2cc3c(nn2)CCC3)C1. The lowest BCUT2D eigenvalue weighted by Gasteiger charge is -2.45. The van der Waals surface area contributed by atoms with Crippen molar-refractivity contribution < 1.29 is 9.59 Å². The molecule has 1 aromatic heterocycles. The number of hydrogen-bond acceptors (Lipinski definition) is 5. The summed E-state index contributed by atoms with van der Waals surface area (Å²) in [6.45, 7) is 2.17. The maximum Gasteiger partial charge on any atom is 0.226 e. The van der Waals surface area contributed by atoms with Crippen molar-refractivity contribution in [3.8, 4) is 0 Å². The molecule has 0 spiro atoms. The van der Waals surface area contributed by atoms with Crippen molar-refractivity contribution in [2.75, 3.05) is 31.6 Å². The van der Waals surface area contributed by atoms with E-state index in [1.165, 1.54) is 12.0 Å². The smallest absolute Gasteiger partial charge is 0.226 e. The topological polar surface area (TPSA) is 78.4 Å². The van der Waals surface area contributed by atoms with Crippen LogP contribution in [0.1, 0.15) is 30.5 Å². The molecular formula is C17H23N5O2. The molecule has 128 valence electrons. The molecule has 1 unspecified atom stereocenters. The van der Waals surface area contributed by atoms with Crippen molar-refractivity contribution >= 4 is 17.6 Å². The fourth-order valence-electron chi connectivity index (χ4n) is 3.82. The zero-order chi connectivity index (χ0) is 16.7. The molecule has 0 aromatic carbocycles. The molecule has 1 atom stereocenters. The van der Waals surface area contributed by atoms with Gasteiger partial charge in [0.05, 0.1) is 11.7 Å². The third-order valence-corrected chi connectivity index (χ3v) is 5.48. The van der Waals surface area contributed by atoms with Crippen molar-refractivity contribution in [3.63, 3.8) is 0 Å². The Kier molecular flexibility index (Phi) is 3.86. The Labute approximate surface area is 141 Å². The average molecular weight is 329 g/mol. The van der Waals surface area contributed by atoms with Crippen LogP contribution in [0.3, 0.4) is 0 Å². The number of nitrogens with one attached hydrogen (secondary N) is 1. The number of aryl methyl sites for hydroxylation is 2. The maximum absolute atomic E-state index is 12.6. The molecule has 1 aliphatic carbocycles. The Morgan fingerprint density at radius 1 is 1.33 bits per heavy atom. The standard InChI is InChI=1S/C17H23N5O2/c1-21(17(24)12-5-6-18-16(23)8-12)13-9-22(10-13)15-7-11-3-2-4-14(11)19-20-15/h7,12-13H,2-6,8-10H2,1H3,(H,18,23). The van der Waals surface area contributed by atoms with E-state index in [4.69, 9.17) is 0 Å². The van der Waals surface area contributed by atoms with Gasteiger partial charge in [-0.25, -0.2) is 0 Å². The van der Waals surface area contributed by atoms with Gasteiger partial charge in [-0.15, -0.1) is 5.10 Å². The minimum atomic E-state index is -0.169. The number of anilines is 1. The van der Waals surface area contributed by atoms with E-state index in [0.29, 0.717) is 13.0 Å². The highest BCUT2D eigenvalue weighted by Gasteiger charge is 2.37. The second-order valence-corrected chi connectivity index (χ2v) is 7.08. The van der Waals surface area contributed by atoms with Gasteiger partial charge in [0.15, 0.2) is 5.82 Å². The molecule has 2 fully saturated rings. The summed E-state index contributed by atoms with van der Waals surface area (Å²) in [5.41, 5.74) is 2.46. The molecule has 0 radical (unpaired) electrons. The number of hydrogen-bond donors (Lipinski definition) is 1. The molecule has 3 heterocycles. The number of rotatable bonds is 3. The van der Waals surface area contributed by atoms with Gasteiger partial charge in [0.25, 0.3) is 0 Å². The monoisotopic (exact) mass is 329 g/mol. The van der Waals surface area contributed by atoms with Crippen LogP contribution in [0.2, 0.25) is 0 Å². The first-order chi connectivity index (χ1) is 11.6. The maximum atomic E-state index is 12.6. The molecule has 2 saturated heterocycles. The highest BCUT2D eigenvalue weighted by atomic mass is 16.2. The number of piperidine rings is 1. The van der Waals surface area contributed by atoms with Crippen LogP contribution in [0.5, 0.6) is 0 Å². The summed E-state index contributed by atoms with van der Waals surface area (Å²) in [5.74, 6) is 0.827. The first kappa shape index (κ1) is 15.4. The Bertz CT molecular complexity index is 671. The van der Waals surface area contributed by atoms with Gasteiger partial charge in [0.2, 0.25) is 11.8 Å². The van der Waals surface area contributed by atoms with Crippen LogP contribution in [0, 0.1) is 5.92 Å². The van der Waals surface area contributed by atoms with Gasteiger partial charge in [-0.2, -0.15) is 5.10 Å². The minimum absolute atomic E-state index is 0.0170. The van der Waals surface area contributed by atoms with Crippen LogP contribution >= 0.6 is 0 Å². The number of carbonyl (C=O) groups is 2. The summed E-state index contributed by atoms with van der Waals surface area (Å²) in [6, 6.07) is 2.34. The van der Waals surface area contributed by atoms with E-state index in [1.807, 2.05) is 11.9 Å². The Morgan fingerprint density at radius 3 is 2.96 bits per heavy atom. The van der Waals surface area contributed by atoms with E-state index < -0.39 is 0 Å². The molecule has 3 aliphatic rings. The fourth-order valence-corrected chi connectivity index (χ4v) is 3.82. The quantitative estimate of drug-likeness (QED) is 0.853. The molecule has 0 bridgehead atoms. The Morgan fingerprint density at radius 2 is 2.17 bits per heavy atom. The number of carbonyl (C=O) groups excluding carboxylic acids is 2. The van der Waals surface area contributed by atoms with Gasteiger partial charge >= 0.3 is 0 Å². The number of nitrogens with zero attached hydrogens (tertiary/aromatic N) is 4. The molecule has 4 rings (SSSR count). The number of fused-ring (bicyclic) bond motifs is 1. The lowest BCUT2D eigenvalue weighted by molar-refractivity contribution is -0.141. The van der Waals surface area contributed by atoms with Crippen LogP contribution in [0.25, 0.3) is 0 Å². The second-order valence-electron chi connectivity index (χ2n) is 7.08. The summed E-state index contributed by atoms with van der Waals surface area (Å²) in [6.07, 6.45) is 4.36. The summed E-state index contributed by atoms with van der Waals surface area (Å²) < 4.78 is 0. The fraction of sp³-hybridized carbons (Fsp3) is 0.647. The number of amides is 2. The predicted octanol–water partition coefficient (Wildman–Crippen LogP) is 0.139. The van der Waals surface area contributed by atoms with Gasteiger partial charge in [0.1, 0.15) is 0 Å². The molecule has 24 heavy (non-hydrogen) atoms. The van der Waals surface area contributed by atoms with Gasteiger partial charge < -0.3 is 15.1 Å². The first-order valence-electron chi connectivity index (χ1n) is 8.75. The third kappa shape index (κ3) is 2.72. The average Bonchev–Trinajstić information content (AvgIpc) is 3.00. The van der Waals surface area contributed by atoms with E-state index in [9.17, 15) is 9.59 Å². The van der Waals surface area contributed by atoms with Gasteiger partial charge in [0, 0.05) is 39.0 Å². The largest absolute Gasteiger partial charge is 0.356 e. The molecule has 1 aromatic rings. The van der Waals surface area contributed by atoms with Crippen molar-refractivity contribution in [2.45, 2.75) is 38.1 Å². The highest BCUT2D eigenvalue weighted by Crippen LogP contribution is 2.27. The van der Waals surface area contributed by atoms with Crippen molar-refractivity contribution in [3.05, 3.63) is 17.3 Å². The Balaban J connectivity index is 1.35. The summed E-state index contributed by atoms with van der Waals surface area (Å²) >= 11 is 0. The molecule has 7 heteroatoms. The highest BCUT2D eigenvalue weighted by molar-refractivity contribution is 5.87. The van der Waals surface area contributed by atoms with Crippen LogP contribution in [-0.2, 0) is 22.4 Å². The number of likely N-dealkylation sites (N-methyl/N-ethyl adjacent to an activating group) is 1. The summed E-state index contributed by atoms with van der Waals surface area (Å²) in [7, 11) is 1.85. The van der Waals surface area contributed by atoms with E-state index in [1.54, 1.807) is 0 Å². The van der Waals surface area contributed by atoms with Crippen LogP contribution in [0.4, 0.5) is 5.82 Å². The molecule has 1 N–H and O–H groups in total. The zero-order valence-corrected chi connectivity index (χ0v) is 14.0. The zero-order valence-electron chi connectivity index (χ0n) is 14.0. The summed E-state index contributed by atoms with van der Waals surface area (Å²) in [5, 5.41) is 11.4. The van der Waals surface area contributed by atoms with E-state index in [-0.39, 0.29) is 23.8 Å². The van der Waals surface area contributed by atoms with Gasteiger partial charge in [-0.05, 0) is 37.3 Å². The summed E-state index contributed by atoms with van der Waals surface area (Å²) in [4.78, 5) is 28.0. The molecule has 7 nitrogen and oxygen atoms in total. The number of aromatic nitrogens is 2. The van der Waals surface area contributed by atoms with Crippen LogP contribution < -0.4 is 10.2 Å². The van der Waals surface area contributed by atoms with Crippen LogP contribution in [0.15, 0.2) is 6.07 Å². The lowest BCUT2D eigenvalue weighted by atomic mass is 9.94. The first-order valence-corrected chi connectivity index (χ1v) is 8.75. The minimum Gasteiger partial charge on any atom is -0.356 e. The van der Waals surface area contributed by atoms with E-state index >= 15 is 0 Å². The van der Waals surface area contributed by atoms with Gasteiger partial charge in [-0.3, -0.25) is 9.59 Å². The van der Waals surface area contributed by atoms with E-state index in [0.717, 1.165) is 43.9 Å². The predicted molar refractivity (Wildman–Crippen MR) is 88.6 cm³/mol. The third-order valence-electron chi connectivity index (χ3n) is 5.48. The molecule has 2 aliphatic heterocycles. The normalized spacial score (nSPS) is 23.5. The lowest BCUT2D eigenvalue weighted by Crippen LogP contribution is -2.61. The second kappa shape index (κ2) is 6.03. The van der Waals surface area contributed by atoms with E-state index in [2.05, 4.69) is 26.5 Å². The van der Waals surface area contributed by atoms with Crippen molar-refractivity contribution in [1.29, 1.82) is 0 Å². The Hall–Kier alpha value is -2.18.